The second-order valence-corrected chi connectivity index (χ2v) is 8.20. The average molecular weight is 444 g/mol. The zero-order valence-electron chi connectivity index (χ0n) is 16.4. The van der Waals surface area contributed by atoms with E-state index in [2.05, 4.69) is 15.4 Å². The fraction of sp³-hybridized carbons (Fsp3) is 0.0952. The Kier molecular flexibility index (Phi) is 6.76. The number of hydrogen-bond donors (Lipinski definition) is 3. The minimum atomic E-state index is -3.77. The van der Waals surface area contributed by atoms with Gasteiger partial charge in [-0.2, -0.15) is 0 Å². The third-order valence-corrected chi connectivity index (χ3v) is 5.71. The molecule has 9 heteroatoms. The van der Waals surface area contributed by atoms with E-state index in [0.29, 0.717) is 28.0 Å². The van der Waals surface area contributed by atoms with E-state index in [9.17, 15) is 8.42 Å². The zero-order chi connectivity index (χ0) is 21.6. The second kappa shape index (κ2) is 9.47. The van der Waals surface area contributed by atoms with Crippen LogP contribution in [0.2, 0.25) is 0 Å². The second-order valence-electron chi connectivity index (χ2n) is 6.11. The molecule has 3 aromatic carbocycles. The molecular weight excluding hydrogens is 422 g/mol. The molecule has 3 aromatic rings. The number of nitrogens with one attached hydrogen (secondary N) is 3. The molecule has 156 valence electrons. The molecule has 0 aliphatic carbocycles. The van der Waals surface area contributed by atoms with Crippen LogP contribution in [0.25, 0.3) is 0 Å². The van der Waals surface area contributed by atoms with E-state index in [1.807, 2.05) is 24.3 Å². The summed E-state index contributed by atoms with van der Waals surface area (Å²) in [6.45, 7) is 0. The predicted octanol–water partition coefficient (Wildman–Crippen LogP) is 4.31. The van der Waals surface area contributed by atoms with Gasteiger partial charge < -0.3 is 20.1 Å². The van der Waals surface area contributed by atoms with E-state index in [-0.39, 0.29) is 4.90 Å². The zero-order valence-corrected chi connectivity index (χ0v) is 18.0. The van der Waals surface area contributed by atoms with E-state index in [4.69, 9.17) is 21.7 Å². The first kappa shape index (κ1) is 21.4. The molecule has 0 saturated carbocycles. The number of para-hydroxylation sites is 4. The average Bonchev–Trinajstić information content (AvgIpc) is 2.74. The molecule has 0 aliphatic rings. The molecule has 0 aliphatic heterocycles. The predicted molar refractivity (Wildman–Crippen MR) is 123 cm³/mol. The van der Waals surface area contributed by atoms with Crippen LogP contribution in [-0.2, 0) is 10.0 Å². The molecule has 0 amide bonds. The first-order valence-corrected chi connectivity index (χ1v) is 10.8. The van der Waals surface area contributed by atoms with Gasteiger partial charge in [0.05, 0.1) is 30.5 Å². The van der Waals surface area contributed by atoms with Gasteiger partial charge in [-0.15, -0.1) is 0 Å². The molecule has 30 heavy (non-hydrogen) atoms. The van der Waals surface area contributed by atoms with Crippen molar-refractivity contribution in [2.24, 2.45) is 0 Å². The SMILES string of the molecule is COc1ccccc1NC(=S)Nc1ccc(S(=O)(=O)Nc2ccccc2OC)cc1. The van der Waals surface area contributed by atoms with Crippen LogP contribution in [0.4, 0.5) is 17.1 Å². The van der Waals surface area contributed by atoms with Gasteiger partial charge in [0.2, 0.25) is 0 Å². The molecule has 0 atom stereocenters. The van der Waals surface area contributed by atoms with Crippen LogP contribution in [0.1, 0.15) is 0 Å². The molecule has 0 spiro atoms. The van der Waals surface area contributed by atoms with Crippen molar-refractivity contribution in [1.29, 1.82) is 0 Å². The van der Waals surface area contributed by atoms with Crippen molar-refractivity contribution in [3.8, 4) is 11.5 Å². The van der Waals surface area contributed by atoms with Gasteiger partial charge in [-0.25, -0.2) is 8.42 Å². The fourth-order valence-electron chi connectivity index (χ4n) is 2.68. The van der Waals surface area contributed by atoms with Gasteiger partial charge in [-0.3, -0.25) is 4.72 Å². The molecule has 7 nitrogen and oxygen atoms in total. The van der Waals surface area contributed by atoms with Gasteiger partial charge in [-0.1, -0.05) is 24.3 Å². The van der Waals surface area contributed by atoms with Crippen LogP contribution in [0.5, 0.6) is 11.5 Å². The normalized spacial score (nSPS) is 10.7. The Morgan fingerprint density at radius 1 is 0.767 bits per heavy atom. The number of ether oxygens (including phenoxy) is 2. The Labute approximate surface area is 181 Å². The van der Waals surface area contributed by atoms with Crippen molar-refractivity contribution >= 4 is 44.4 Å². The Morgan fingerprint density at radius 3 is 1.90 bits per heavy atom. The number of hydrogen-bond acceptors (Lipinski definition) is 5. The van der Waals surface area contributed by atoms with Crippen molar-refractivity contribution in [3.63, 3.8) is 0 Å². The third-order valence-electron chi connectivity index (χ3n) is 4.13. The van der Waals surface area contributed by atoms with Crippen LogP contribution in [0.3, 0.4) is 0 Å². The highest BCUT2D eigenvalue weighted by Crippen LogP contribution is 2.27. The minimum Gasteiger partial charge on any atom is -0.495 e. The van der Waals surface area contributed by atoms with Crippen molar-refractivity contribution < 1.29 is 17.9 Å². The van der Waals surface area contributed by atoms with Crippen LogP contribution in [0.15, 0.2) is 77.7 Å². The molecule has 0 radical (unpaired) electrons. The first-order valence-electron chi connectivity index (χ1n) is 8.90. The summed E-state index contributed by atoms with van der Waals surface area (Å²) >= 11 is 5.32. The van der Waals surface area contributed by atoms with Crippen molar-refractivity contribution in [2.75, 3.05) is 29.6 Å². The van der Waals surface area contributed by atoms with Crippen LogP contribution in [-0.4, -0.2) is 27.7 Å². The number of sulfonamides is 1. The van der Waals surface area contributed by atoms with Crippen LogP contribution in [0, 0.1) is 0 Å². The first-order chi connectivity index (χ1) is 14.4. The summed E-state index contributed by atoms with van der Waals surface area (Å²) < 4.78 is 38.4. The topological polar surface area (TPSA) is 88.7 Å². The lowest BCUT2D eigenvalue weighted by atomic mass is 10.3. The molecule has 0 fully saturated rings. The third kappa shape index (κ3) is 5.19. The highest BCUT2D eigenvalue weighted by Gasteiger charge is 2.16. The Hall–Kier alpha value is -3.30. The maximum atomic E-state index is 12.7. The molecule has 0 unspecified atom stereocenters. The highest BCUT2D eigenvalue weighted by atomic mass is 32.2. The highest BCUT2D eigenvalue weighted by molar-refractivity contribution is 7.92. The minimum absolute atomic E-state index is 0.113. The smallest absolute Gasteiger partial charge is 0.262 e. The van der Waals surface area contributed by atoms with E-state index >= 15 is 0 Å². The lowest BCUT2D eigenvalue weighted by molar-refractivity contribution is 0.417. The number of methoxy groups -OCH3 is 2. The largest absolute Gasteiger partial charge is 0.495 e. The molecule has 3 rings (SSSR count). The number of benzene rings is 3. The van der Waals surface area contributed by atoms with Gasteiger partial charge in [0.25, 0.3) is 10.0 Å². The van der Waals surface area contributed by atoms with Gasteiger partial charge in [-0.05, 0) is 60.7 Å². The molecule has 3 N–H and O–H groups in total. The summed E-state index contributed by atoms with van der Waals surface area (Å²) in [5.41, 5.74) is 1.72. The molecule has 0 heterocycles. The van der Waals surface area contributed by atoms with Gasteiger partial charge in [0.15, 0.2) is 5.11 Å². The Bertz CT molecular complexity index is 1130. The number of rotatable bonds is 7. The van der Waals surface area contributed by atoms with E-state index < -0.39 is 10.0 Å². The monoisotopic (exact) mass is 443 g/mol. The Balaban J connectivity index is 1.69. The molecule has 0 aromatic heterocycles. The lowest BCUT2D eigenvalue weighted by Gasteiger charge is -2.14. The van der Waals surface area contributed by atoms with Crippen LogP contribution < -0.4 is 24.8 Å². The maximum absolute atomic E-state index is 12.7. The van der Waals surface area contributed by atoms with Gasteiger partial charge in [0, 0.05) is 5.69 Å². The summed E-state index contributed by atoms with van der Waals surface area (Å²) in [6, 6.07) is 20.4. The van der Waals surface area contributed by atoms with Crippen molar-refractivity contribution in [3.05, 3.63) is 72.8 Å². The standard InChI is InChI=1S/C21H21N3O4S2/c1-27-19-9-5-3-7-17(19)23-21(29)22-15-11-13-16(14-12-15)30(25,26)24-18-8-4-6-10-20(18)28-2/h3-14,24H,1-2H3,(H2,22,23,29). The fourth-order valence-corrected chi connectivity index (χ4v) is 3.98. The summed E-state index contributed by atoms with van der Waals surface area (Å²) in [5, 5.41) is 6.42. The van der Waals surface area contributed by atoms with Gasteiger partial charge in [0.1, 0.15) is 11.5 Å². The van der Waals surface area contributed by atoms with Gasteiger partial charge >= 0.3 is 0 Å². The summed E-state index contributed by atoms with van der Waals surface area (Å²) in [6.07, 6.45) is 0. The van der Waals surface area contributed by atoms with E-state index in [1.165, 1.54) is 19.2 Å². The van der Waals surface area contributed by atoms with E-state index in [1.54, 1.807) is 43.5 Å². The molecular formula is C21H21N3O4S2. The Morgan fingerprint density at radius 2 is 1.30 bits per heavy atom. The quantitative estimate of drug-likeness (QED) is 0.469. The maximum Gasteiger partial charge on any atom is 0.262 e. The molecule has 0 saturated heterocycles. The lowest BCUT2D eigenvalue weighted by Crippen LogP contribution is -2.19. The summed E-state index contributed by atoms with van der Waals surface area (Å²) in [7, 11) is -0.711. The molecule has 0 bridgehead atoms. The summed E-state index contributed by atoms with van der Waals surface area (Å²) in [4.78, 5) is 0.113. The van der Waals surface area contributed by atoms with Crippen LogP contribution >= 0.6 is 12.2 Å². The number of anilines is 3. The summed E-state index contributed by atoms with van der Waals surface area (Å²) in [5.74, 6) is 1.10. The van der Waals surface area contributed by atoms with Crippen molar-refractivity contribution in [1.82, 2.24) is 0 Å². The van der Waals surface area contributed by atoms with Crippen molar-refractivity contribution in [2.45, 2.75) is 4.90 Å². The van der Waals surface area contributed by atoms with E-state index in [0.717, 1.165) is 5.69 Å². The number of thiocarbonyl (C=S) groups is 1.